The van der Waals surface area contributed by atoms with Crippen LogP contribution in [0.1, 0.15) is 11.3 Å². The molecule has 0 unspecified atom stereocenters. The van der Waals surface area contributed by atoms with Crippen molar-refractivity contribution < 1.29 is 8.42 Å². The van der Waals surface area contributed by atoms with E-state index in [1.807, 2.05) is 13.1 Å². The lowest BCUT2D eigenvalue weighted by molar-refractivity contribution is 0.588. The number of nitrogens with one attached hydrogen (secondary N) is 3. The lowest BCUT2D eigenvalue weighted by Gasteiger charge is -2.12. The smallest absolute Gasteiger partial charge is 0.240 e. The van der Waals surface area contributed by atoms with Crippen LogP contribution in [0, 0.1) is 0 Å². The average molecular weight is 350 g/mol. The van der Waals surface area contributed by atoms with Crippen molar-refractivity contribution >= 4 is 16.0 Å². The summed E-state index contributed by atoms with van der Waals surface area (Å²) in [6.45, 7) is 1.14. The van der Waals surface area contributed by atoms with Gasteiger partial charge in [-0.1, -0.05) is 12.1 Å². The SMILES string of the molecule is CN=C(NCc1ccc(S(=O)(=O)NC)cc1)NCc1ccnn1C. The van der Waals surface area contributed by atoms with E-state index in [2.05, 4.69) is 25.4 Å². The van der Waals surface area contributed by atoms with Gasteiger partial charge in [0.25, 0.3) is 0 Å². The van der Waals surface area contributed by atoms with Gasteiger partial charge in [0.15, 0.2) is 5.96 Å². The van der Waals surface area contributed by atoms with E-state index in [0.717, 1.165) is 11.3 Å². The molecule has 0 fully saturated rings. The van der Waals surface area contributed by atoms with Gasteiger partial charge in [-0.15, -0.1) is 0 Å². The lowest BCUT2D eigenvalue weighted by atomic mass is 10.2. The molecule has 3 N–H and O–H groups in total. The van der Waals surface area contributed by atoms with Gasteiger partial charge >= 0.3 is 0 Å². The Morgan fingerprint density at radius 1 is 1.17 bits per heavy atom. The lowest BCUT2D eigenvalue weighted by Crippen LogP contribution is -2.36. The summed E-state index contributed by atoms with van der Waals surface area (Å²) in [4.78, 5) is 4.40. The van der Waals surface area contributed by atoms with Gasteiger partial charge in [0.1, 0.15) is 0 Å². The molecule has 0 amide bonds. The number of hydrogen-bond donors (Lipinski definition) is 3. The molecule has 24 heavy (non-hydrogen) atoms. The number of benzene rings is 1. The highest BCUT2D eigenvalue weighted by Gasteiger charge is 2.10. The van der Waals surface area contributed by atoms with Crippen LogP contribution in [0.4, 0.5) is 0 Å². The molecule has 0 bridgehead atoms. The summed E-state index contributed by atoms with van der Waals surface area (Å²) in [5, 5.41) is 10.5. The summed E-state index contributed by atoms with van der Waals surface area (Å²) in [7, 11) is 1.57. The van der Waals surface area contributed by atoms with Crippen LogP contribution >= 0.6 is 0 Å². The van der Waals surface area contributed by atoms with Gasteiger partial charge in [0.05, 0.1) is 17.1 Å². The van der Waals surface area contributed by atoms with Crippen LogP contribution in [0.3, 0.4) is 0 Å². The molecule has 0 aliphatic rings. The van der Waals surface area contributed by atoms with E-state index >= 15 is 0 Å². The summed E-state index contributed by atoms with van der Waals surface area (Å²) in [6, 6.07) is 8.63. The molecule has 8 nitrogen and oxygen atoms in total. The van der Waals surface area contributed by atoms with Crippen LogP contribution in [-0.2, 0) is 30.2 Å². The average Bonchev–Trinajstić information content (AvgIpc) is 3.00. The molecule has 1 heterocycles. The van der Waals surface area contributed by atoms with Gasteiger partial charge in [-0.05, 0) is 30.8 Å². The van der Waals surface area contributed by atoms with Gasteiger partial charge in [-0.3, -0.25) is 9.67 Å². The first-order valence-electron chi connectivity index (χ1n) is 7.40. The van der Waals surface area contributed by atoms with Crippen LogP contribution in [0.2, 0.25) is 0 Å². The second-order valence-corrected chi connectivity index (χ2v) is 6.96. The summed E-state index contributed by atoms with van der Waals surface area (Å²) in [5.74, 6) is 0.656. The number of guanidine groups is 1. The Morgan fingerprint density at radius 2 is 1.83 bits per heavy atom. The summed E-state index contributed by atoms with van der Waals surface area (Å²) in [6.07, 6.45) is 1.74. The molecule has 1 aromatic heterocycles. The maximum Gasteiger partial charge on any atom is 0.240 e. The molecule has 0 aliphatic heterocycles. The summed E-state index contributed by atoms with van der Waals surface area (Å²) in [5.41, 5.74) is 1.99. The number of sulfonamides is 1. The fourth-order valence-electron chi connectivity index (χ4n) is 2.06. The first-order valence-corrected chi connectivity index (χ1v) is 8.88. The highest BCUT2D eigenvalue weighted by molar-refractivity contribution is 7.89. The van der Waals surface area contributed by atoms with Crippen molar-refractivity contribution in [3.05, 3.63) is 47.8 Å². The number of nitrogens with zero attached hydrogens (tertiary/aromatic N) is 3. The van der Waals surface area contributed by atoms with Gasteiger partial charge in [0.2, 0.25) is 10.0 Å². The number of aromatic nitrogens is 2. The molecule has 0 radical (unpaired) electrons. The Morgan fingerprint density at radius 3 is 2.38 bits per heavy atom. The maximum atomic E-state index is 11.7. The fraction of sp³-hybridized carbons (Fsp3) is 0.333. The zero-order valence-corrected chi connectivity index (χ0v) is 14.8. The third-order valence-corrected chi connectivity index (χ3v) is 4.98. The van der Waals surface area contributed by atoms with Crippen LogP contribution in [0.15, 0.2) is 46.4 Å². The van der Waals surface area contributed by atoms with E-state index < -0.39 is 10.0 Å². The summed E-state index contributed by atoms with van der Waals surface area (Å²) < 4.78 is 27.5. The van der Waals surface area contributed by atoms with Crippen LogP contribution in [0.5, 0.6) is 0 Å². The van der Waals surface area contributed by atoms with Gasteiger partial charge in [-0.25, -0.2) is 13.1 Å². The summed E-state index contributed by atoms with van der Waals surface area (Å²) >= 11 is 0. The predicted octanol–water partition coefficient (Wildman–Crippen LogP) is 0.193. The van der Waals surface area contributed by atoms with Gasteiger partial charge < -0.3 is 10.6 Å². The molecular weight excluding hydrogens is 328 g/mol. The predicted molar refractivity (Wildman–Crippen MR) is 92.9 cm³/mol. The molecule has 0 spiro atoms. The van der Waals surface area contributed by atoms with Gasteiger partial charge in [-0.2, -0.15) is 5.10 Å². The number of rotatable bonds is 6. The van der Waals surface area contributed by atoms with E-state index in [4.69, 9.17) is 0 Å². The number of aryl methyl sites for hydroxylation is 1. The minimum absolute atomic E-state index is 0.243. The normalized spacial score (nSPS) is 12.2. The molecule has 2 aromatic rings. The highest BCUT2D eigenvalue weighted by atomic mass is 32.2. The molecule has 9 heteroatoms. The number of aliphatic imine (C=N–C) groups is 1. The van der Waals surface area contributed by atoms with Crippen LogP contribution in [0.25, 0.3) is 0 Å². The third-order valence-electron chi connectivity index (χ3n) is 3.55. The molecule has 1 aromatic carbocycles. The van der Waals surface area contributed by atoms with Crippen molar-refractivity contribution in [3.63, 3.8) is 0 Å². The Balaban J connectivity index is 1.90. The standard InChI is InChI=1S/C15H22N6O2S/c1-16-15(19-11-13-8-9-20-21(13)3)18-10-12-4-6-14(7-5-12)24(22,23)17-2/h4-9,17H,10-11H2,1-3H3,(H2,16,18,19). The second-order valence-electron chi connectivity index (χ2n) is 5.08. The van der Waals surface area contributed by atoms with E-state index in [1.54, 1.807) is 42.2 Å². The highest BCUT2D eigenvalue weighted by Crippen LogP contribution is 2.09. The topological polar surface area (TPSA) is 100 Å². The van der Waals surface area contributed by atoms with E-state index in [0.29, 0.717) is 19.0 Å². The van der Waals surface area contributed by atoms with Crippen molar-refractivity contribution in [2.45, 2.75) is 18.0 Å². The molecular formula is C15H22N6O2S. The molecule has 0 atom stereocenters. The second kappa shape index (κ2) is 7.93. The van der Waals surface area contributed by atoms with Crippen molar-refractivity contribution in [1.82, 2.24) is 25.1 Å². The van der Waals surface area contributed by atoms with Gasteiger partial charge in [0, 0.05) is 26.8 Å². The maximum absolute atomic E-state index is 11.7. The minimum atomic E-state index is -3.40. The zero-order chi connectivity index (χ0) is 17.6. The monoisotopic (exact) mass is 350 g/mol. The van der Waals surface area contributed by atoms with Crippen molar-refractivity contribution in [2.75, 3.05) is 14.1 Å². The first kappa shape index (κ1) is 18.0. The Bertz CT molecular complexity index is 796. The van der Waals surface area contributed by atoms with Crippen molar-refractivity contribution in [1.29, 1.82) is 0 Å². The van der Waals surface area contributed by atoms with Crippen molar-refractivity contribution in [2.24, 2.45) is 12.0 Å². The van der Waals surface area contributed by atoms with E-state index in [1.165, 1.54) is 7.05 Å². The first-order chi connectivity index (χ1) is 11.5. The minimum Gasteiger partial charge on any atom is -0.352 e. The Kier molecular flexibility index (Phi) is 5.93. The molecule has 130 valence electrons. The molecule has 0 saturated carbocycles. The van der Waals surface area contributed by atoms with Crippen LogP contribution in [-0.4, -0.2) is 38.3 Å². The third kappa shape index (κ3) is 4.56. The van der Waals surface area contributed by atoms with Crippen molar-refractivity contribution in [3.8, 4) is 0 Å². The van der Waals surface area contributed by atoms with E-state index in [-0.39, 0.29) is 4.90 Å². The Labute approximate surface area is 142 Å². The Hall–Kier alpha value is -2.39. The quantitative estimate of drug-likeness (QED) is 0.510. The molecule has 0 saturated heterocycles. The largest absolute Gasteiger partial charge is 0.352 e. The molecule has 0 aliphatic carbocycles. The van der Waals surface area contributed by atoms with E-state index in [9.17, 15) is 8.42 Å². The number of hydrogen-bond acceptors (Lipinski definition) is 4. The zero-order valence-electron chi connectivity index (χ0n) is 13.9. The fourth-order valence-corrected chi connectivity index (χ4v) is 2.79. The molecule has 2 rings (SSSR count). The van der Waals surface area contributed by atoms with Crippen LogP contribution < -0.4 is 15.4 Å².